The van der Waals surface area contributed by atoms with Gasteiger partial charge in [0.1, 0.15) is 0 Å². The van der Waals surface area contributed by atoms with Crippen LogP contribution < -0.4 is 4.90 Å². The largest absolute Gasteiger partial charge is 0.380 e. The molecular formula is C12H12BrN3O2S. The molecule has 0 atom stereocenters. The first kappa shape index (κ1) is 14.1. The second kappa shape index (κ2) is 6.23. The number of ether oxygens (including phenoxy) is 1. The Morgan fingerprint density at radius 1 is 1.47 bits per heavy atom. The Morgan fingerprint density at radius 3 is 2.89 bits per heavy atom. The van der Waals surface area contributed by atoms with Gasteiger partial charge >= 0.3 is 0 Å². The molecule has 2 rings (SSSR count). The molecule has 2 aromatic heterocycles. The van der Waals surface area contributed by atoms with Gasteiger partial charge in [-0.1, -0.05) is 11.3 Å². The maximum Gasteiger partial charge on any atom is 0.261 e. The highest BCUT2D eigenvalue weighted by molar-refractivity contribution is 9.11. The Labute approximate surface area is 123 Å². The fourth-order valence-corrected chi connectivity index (χ4v) is 2.67. The van der Waals surface area contributed by atoms with Crippen molar-refractivity contribution in [3.63, 3.8) is 0 Å². The molecule has 0 saturated heterocycles. The first-order valence-corrected chi connectivity index (χ1v) is 7.05. The van der Waals surface area contributed by atoms with Crippen molar-refractivity contribution in [2.24, 2.45) is 0 Å². The molecule has 0 bridgehead atoms. The van der Waals surface area contributed by atoms with Crippen LogP contribution in [0, 0.1) is 0 Å². The molecule has 0 aliphatic rings. The highest BCUT2D eigenvalue weighted by atomic mass is 79.9. The van der Waals surface area contributed by atoms with Gasteiger partial charge in [-0.15, -0.1) is 0 Å². The summed E-state index contributed by atoms with van der Waals surface area (Å²) >= 11 is 4.73. The van der Waals surface area contributed by atoms with E-state index < -0.39 is 0 Å². The molecule has 5 nitrogen and oxygen atoms in total. The van der Waals surface area contributed by atoms with Crippen LogP contribution in [0.1, 0.15) is 15.9 Å². The second-order valence-electron chi connectivity index (χ2n) is 3.83. The topological polar surface area (TPSA) is 55.3 Å². The van der Waals surface area contributed by atoms with E-state index in [-0.39, 0.29) is 5.91 Å². The van der Waals surface area contributed by atoms with Crippen molar-refractivity contribution in [1.82, 2.24) is 9.97 Å². The van der Waals surface area contributed by atoms with E-state index in [4.69, 9.17) is 4.74 Å². The van der Waals surface area contributed by atoms with E-state index in [9.17, 15) is 4.79 Å². The van der Waals surface area contributed by atoms with Crippen LogP contribution in [0.3, 0.4) is 0 Å². The van der Waals surface area contributed by atoms with Crippen molar-refractivity contribution >= 4 is 38.3 Å². The van der Waals surface area contributed by atoms with Gasteiger partial charge in [0.05, 0.1) is 22.2 Å². The third-order valence-corrected chi connectivity index (χ3v) is 3.96. The van der Waals surface area contributed by atoms with E-state index in [1.54, 1.807) is 38.8 Å². The Kier molecular flexibility index (Phi) is 4.62. The van der Waals surface area contributed by atoms with Crippen molar-refractivity contribution in [3.05, 3.63) is 39.6 Å². The number of carbonyl (C=O) groups is 1. The number of methoxy groups -OCH3 is 1. The lowest BCUT2D eigenvalue weighted by Crippen LogP contribution is -2.26. The van der Waals surface area contributed by atoms with Crippen molar-refractivity contribution in [2.75, 3.05) is 19.1 Å². The molecule has 7 heteroatoms. The monoisotopic (exact) mass is 341 g/mol. The van der Waals surface area contributed by atoms with Crippen LogP contribution in [0.25, 0.3) is 0 Å². The summed E-state index contributed by atoms with van der Waals surface area (Å²) in [4.78, 5) is 22.0. The minimum atomic E-state index is -0.146. The van der Waals surface area contributed by atoms with Gasteiger partial charge in [0.15, 0.2) is 5.13 Å². The van der Waals surface area contributed by atoms with E-state index in [1.165, 1.54) is 16.2 Å². The maximum absolute atomic E-state index is 12.3. The lowest BCUT2D eigenvalue weighted by atomic mass is 10.2. The number of thiazole rings is 1. The van der Waals surface area contributed by atoms with E-state index >= 15 is 0 Å². The first-order chi connectivity index (χ1) is 9.11. The van der Waals surface area contributed by atoms with E-state index in [0.717, 1.165) is 9.35 Å². The standard InChI is InChI=1S/C12H12BrN3O2S/c1-16(12-15-6-10(13)19-12)11(17)9-3-8(7-18-2)4-14-5-9/h3-6H,7H2,1-2H3. The molecular weight excluding hydrogens is 330 g/mol. The zero-order valence-corrected chi connectivity index (χ0v) is 12.9. The number of hydrogen-bond donors (Lipinski definition) is 0. The van der Waals surface area contributed by atoms with Gasteiger partial charge in [-0.2, -0.15) is 0 Å². The average Bonchev–Trinajstić information content (AvgIpc) is 2.84. The summed E-state index contributed by atoms with van der Waals surface area (Å²) < 4.78 is 5.91. The lowest BCUT2D eigenvalue weighted by Gasteiger charge is -2.13. The van der Waals surface area contributed by atoms with Crippen LogP contribution in [0.2, 0.25) is 0 Å². The zero-order valence-electron chi connectivity index (χ0n) is 10.5. The lowest BCUT2D eigenvalue weighted by molar-refractivity contribution is 0.0992. The van der Waals surface area contributed by atoms with Gasteiger partial charge < -0.3 is 4.74 Å². The van der Waals surface area contributed by atoms with Crippen LogP contribution in [-0.2, 0) is 11.3 Å². The molecule has 0 spiro atoms. The minimum Gasteiger partial charge on any atom is -0.380 e. The number of pyridine rings is 1. The quantitative estimate of drug-likeness (QED) is 0.857. The minimum absolute atomic E-state index is 0.146. The normalized spacial score (nSPS) is 10.5. The second-order valence-corrected chi connectivity index (χ2v) is 6.21. The summed E-state index contributed by atoms with van der Waals surface area (Å²) in [5.74, 6) is -0.146. The van der Waals surface area contributed by atoms with Gasteiger partial charge in [0, 0.05) is 26.6 Å². The summed E-state index contributed by atoms with van der Waals surface area (Å²) in [7, 11) is 3.30. The van der Waals surface area contributed by atoms with Crippen molar-refractivity contribution in [1.29, 1.82) is 0 Å². The van der Waals surface area contributed by atoms with Crippen LogP contribution in [-0.4, -0.2) is 30.0 Å². The molecule has 2 aromatic rings. The zero-order chi connectivity index (χ0) is 13.8. The summed E-state index contributed by atoms with van der Waals surface area (Å²) in [6, 6.07) is 1.78. The fourth-order valence-electron chi connectivity index (χ4n) is 1.53. The molecule has 0 aliphatic carbocycles. The number of rotatable bonds is 4. The Balaban J connectivity index is 2.21. The number of aromatic nitrogens is 2. The Morgan fingerprint density at radius 2 is 2.26 bits per heavy atom. The van der Waals surface area contributed by atoms with E-state index in [2.05, 4.69) is 25.9 Å². The van der Waals surface area contributed by atoms with Crippen molar-refractivity contribution in [3.8, 4) is 0 Å². The third kappa shape index (κ3) is 3.37. The molecule has 1 amide bonds. The average molecular weight is 342 g/mol. The molecule has 0 aromatic carbocycles. The number of carbonyl (C=O) groups excluding carboxylic acids is 1. The number of hydrogen-bond acceptors (Lipinski definition) is 5. The predicted molar refractivity (Wildman–Crippen MR) is 77.5 cm³/mol. The van der Waals surface area contributed by atoms with Crippen molar-refractivity contribution < 1.29 is 9.53 Å². The summed E-state index contributed by atoms with van der Waals surface area (Å²) in [5, 5.41) is 0.633. The molecule has 0 saturated carbocycles. The predicted octanol–water partition coefficient (Wildman–Crippen LogP) is 2.72. The van der Waals surface area contributed by atoms with Crippen molar-refractivity contribution in [2.45, 2.75) is 6.61 Å². The van der Waals surface area contributed by atoms with Gasteiger partial charge in [-0.3, -0.25) is 14.7 Å². The van der Waals surface area contributed by atoms with Crippen LogP contribution >= 0.6 is 27.3 Å². The smallest absolute Gasteiger partial charge is 0.261 e. The molecule has 0 radical (unpaired) electrons. The van der Waals surface area contributed by atoms with Gasteiger partial charge in [-0.25, -0.2) is 4.98 Å². The molecule has 100 valence electrons. The van der Waals surface area contributed by atoms with E-state index in [1.807, 2.05) is 0 Å². The van der Waals surface area contributed by atoms with Crippen LogP contribution in [0.5, 0.6) is 0 Å². The van der Waals surface area contributed by atoms with Gasteiger partial charge in [-0.05, 0) is 27.6 Å². The molecule has 2 heterocycles. The highest BCUT2D eigenvalue weighted by Gasteiger charge is 2.17. The fraction of sp³-hybridized carbons (Fsp3) is 0.250. The molecule has 19 heavy (non-hydrogen) atoms. The van der Waals surface area contributed by atoms with Crippen LogP contribution in [0.15, 0.2) is 28.4 Å². The van der Waals surface area contributed by atoms with Gasteiger partial charge in [0.25, 0.3) is 5.91 Å². The molecule has 0 fully saturated rings. The maximum atomic E-state index is 12.3. The number of halogens is 1. The molecule has 0 aliphatic heterocycles. The summed E-state index contributed by atoms with van der Waals surface area (Å²) in [6.07, 6.45) is 4.89. The number of nitrogens with zero attached hydrogens (tertiary/aromatic N) is 3. The molecule has 0 N–H and O–H groups in total. The number of amides is 1. The number of anilines is 1. The summed E-state index contributed by atoms with van der Waals surface area (Å²) in [5.41, 5.74) is 1.38. The molecule has 0 unspecified atom stereocenters. The first-order valence-electron chi connectivity index (χ1n) is 5.44. The SMILES string of the molecule is COCc1cncc(C(=O)N(C)c2ncc(Br)s2)c1. The van der Waals surface area contributed by atoms with E-state index in [0.29, 0.717) is 17.3 Å². The Hall–Kier alpha value is -1.31. The third-order valence-electron chi connectivity index (χ3n) is 2.41. The summed E-state index contributed by atoms with van der Waals surface area (Å²) in [6.45, 7) is 0.431. The highest BCUT2D eigenvalue weighted by Crippen LogP contribution is 2.26. The van der Waals surface area contributed by atoms with Crippen LogP contribution in [0.4, 0.5) is 5.13 Å². The van der Waals surface area contributed by atoms with Gasteiger partial charge in [0.2, 0.25) is 0 Å². The Bertz CT molecular complexity index is 588.